The van der Waals surface area contributed by atoms with Gasteiger partial charge in [-0.3, -0.25) is 4.79 Å². The Morgan fingerprint density at radius 3 is 2.05 bits per heavy atom. The van der Waals surface area contributed by atoms with Crippen molar-refractivity contribution in [3.8, 4) is 5.75 Å². The highest BCUT2D eigenvalue weighted by molar-refractivity contribution is 14.1. The van der Waals surface area contributed by atoms with Gasteiger partial charge in [0.25, 0.3) is 0 Å². The zero-order valence-electron chi connectivity index (χ0n) is 12.1. The predicted molar refractivity (Wildman–Crippen MR) is 85.5 cm³/mol. The molecule has 0 bridgehead atoms. The molecule has 1 N–H and O–H groups in total. The molecule has 0 radical (unpaired) electrons. The molecule has 0 aromatic heterocycles. The first-order valence-corrected chi connectivity index (χ1v) is 7.34. The molecule has 20 heavy (non-hydrogen) atoms. The van der Waals surface area contributed by atoms with Crippen molar-refractivity contribution in [3.63, 3.8) is 0 Å². The average molecular weight is 390 g/mol. The molecule has 0 saturated heterocycles. The van der Waals surface area contributed by atoms with Gasteiger partial charge in [-0.2, -0.15) is 0 Å². The molecular formula is C15H19IO4. The Labute approximate surface area is 132 Å². The third-order valence-electron chi connectivity index (χ3n) is 2.90. The van der Waals surface area contributed by atoms with E-state index in [-0.39, 0.29) is 9.35 Å². The summed E-state index contributed by atoms with van der Waals surface area (Å²) in [6.45, 7) is 7.61. The smallest absolute Gasteiger partial charge is 0.335 e. The fourth-order valence-corrected chi connectivity index (χ4v) is 2.35. The van der Waals surface area contributed by atoms with Crippen LogP contribution in [0.3, 0.4) is 0 Å². The van der Waals surface area contributed by atoms with E-state index in [0.717, 1.165) is 0 Å². The number of halogens is 1. The van der Waals surface area contributed by atoms with E-state index in [1.807, 2.05) is 50.3 Å². The molecule has 4 nitrogen and oxygen atoms in total. The minimum absolute atomic E-state index is 0.0907. The maximum absolute atomic E-state index is 11.6. The third kappa shape index (κ3) is 4.77. The number of rotatable bonds is 6. The van der Waals surface area contributed by atoms with E-state index in [4.69, 9.17) is 9.84 Å². The topological polar surface area (TPSA) is 63.6 Å². The number of aromatic carboxylic acids is 1. The number of carboxylic acids is 1. The Balaban J connectivity index is 2.80. The Hall–Kier alpha value is -1.11. The number of carbonyl (C=O) groups excluding carboxylic acids is 1. The number of benzene rings is 1. The van der Waals surface area contributed by atoms with E-state index in [1.165, 1.54) is 12.1 Å². The average Bonchev–Trinajstić information content (AvgIpc) is 2.27. The first-order valence-electron chi connectivity index (χ1n) is 6.26. The molecule has 1 aromatic carbocycles. The molecule has 0 atom stereocenters. The lowest BCUT2D eigenvalue weighted by Crippen LogP contribution is -2.36. The Morgan fingerprint density at radius 2 is 1.65 bits per heavy atom. The van der Waals surface area contributed by atoms with Crippen LogP contribution in [0.5, 0.6) is 5.75 Å². The maximum Gasteiger partial charge on any atom is 0.335 e. The Bertz CT molecular complexity index is 503. The van der Waals surface area contributed by atoms with Gasteiger partial charge in [0.1, 0.15) is 11.4 Å². The fourth-order valence-electron chi connectivity index (χ4n) is 2.15. The zero-order valence-corrected chi connectivity index (χ0v) is 14.2. The molecular weight excluding hydrogens is 371 g/mol. The van der Waals surface area contributed by atoms with Gasteiger partial charge >= 0.3 is 5.97 Å². The van der Waals surface area contributed by atoms with E-state index in [9.17, 15) is 9.59 Å². The maximum atomic E-state index is 11.6. The lowest BCUT2D eigenvalue weighted by molar-refractivity contribution is -0.118. The van der Waals surface area contributed by atoms with Gasteiger partial charge in [0.2, 0.25) is 0 Å². The summed E-state index contributed by atoms with van der Waals surface area (Å²) >= 11 is 1.81. The molecule has 1 rings (SSSR count). The molecule has 0 fully saturated rings. The second-order valence-corrected chi connectivity index (χ2v) is 7.01. The van der Waals surface area contributed by atoms with Crippen LogP contribution in [-0.2, 0) is 4.79 Å². The van der Waals surface area contributed by atoms with Crippen molar-refractivity contribution in [2.75, 3.05) is 0 Å². The van der Waals surface area contributed by atoms with Crippen molar-refractivity contribution in [1.29, 1.82) is 0 Å². The van der Waals surface area contributed by atoms with E-state index in [0.29, 0.717) is 12.2 Å². The van der Waals surface area contributed by atoms with Gasteiger partial charge in [0, 0.05) is 28.0 Å². The minimum Gasteiger partial charge on any atom is -0.488 e. The molecule has 0 heterocycles. The van der Waals surface area contributed by atoms with Crippen molar-refractivity contribution in [2.45, 2.75) is 39.7 Å². The quantitative estimate of drug-likeness (QED) is 0.591. The van der Waals surface area contributed by atoms with Crippen molar-refractivity contribution in [2.24, 2.45) is 5.41 Å². The standard InChI is InChI=1S/C15H19IO4/c1-14(2,13(16)19)9-15(3,4)20-11-7-5-10(6-8-11)12(17)18/h5-8H,9H2,1-4H3,(H,17,18). The lowest BCUT2D eigenvalue weighted by atomic mass is 9.83. The fraction of sp³-hybridized carbons (Fsp3) is 0.467. The lowest BCUT2D eigenvalue weighted by Gasteiger charge is -2.33. The summed E-state index contributed by atoms with van der Waals surface area (Å²) in [7, 11) is 0. The van der Waals surface area contributed by atoms with Gasteiger partial charge in [0.15, 0.2) is 3.79 Å². The molecule has 0 aliphatic heterocycles. The summed E-state index contributed by atoms with van der Waals surface area (Å²) in [6, 6.07) is 6.26. The van der Waals surface area contributed by atoms with E-state index in [2.05, 4.69) is 0 Å². The molecule has 0 spiro atoms. The molecule has 5 heteroatoms. The van der Waals surface area contributed by atoms with Crippen LogP contribution in [-0.4, -0.2) is 20.5 Å². The van der Waals surface area contributed by atoms with Gasteiger partial charge < -0.3 is 9.84 Å². The van der Waals surface area contributed by atoms with E-state index >= 15 is 0 Å². The number of carbonyl (C=O) groups is 2. The minimum atomic E-state index is -0.965. The molecule has 0 aliphatic rings. The van der Waals surface area contributed by atoms with Gasteiger partial charge in [-0.25, -0.2) is 4.79 Å². The van der Waals surface area contributed by atoms with Crippen LogP contribution >= 0.6 is 22.6 Å². The van der Waals surface area contributed by atoms with Gasteiger partial charge in [-0.05, 0) is 44.5 Å². The Morgan fingerprint density at radius 1 is 1.15 bits per heavy atom. The molecule has 1 aromatic rings. The van der Waals surface area contributed by atoms with Gasteiger partial charge in [0.05, 0.1) is 5.56 Å². The third-order valence-corrected chi connectivity index (χ3v) is 4.36. The summed E-state index contributed by atoms with van der Waals surface area (Å²) in [5.74, 6) is -0.371. The van der Waals surface area contributed by atoms with Gasteiger partial charge in [-0.1, -0.05) is 13.8 Å². The zero-order chi connectivity index (χ0) is 15.6. The molecule has 0 amide bonds. The molecule has 0 aliphatic carbocycles. The SMILES string of the molecule is CC(C)(CC(C)(C)C(=O)I)Oc1ccc(C(=O)O)cc1. The summed E-state index contributed by atoms with van der Waals surface area (Å²) < 4.78 is 5.96. The summed E-state index contributed by atoms with van der Waals surface area (Å²) in [5, 5.41) is 8.84. The number of hydrogen-bond acceptors (Lipinski definition) is 3. The Kier molecular flexibility index (Phi) is 5.18. The van der Waals surface area contributed by atoms with Crippen molar-refractivity contribution >= 4 is 32.4 Å². The van der Waals surface area contributed by atoms with Gasteiger partial charge in [-0.15, -0.1) is 0 Å². The molecule has 0 unspecified atom stereocenters. The summed E-state index contributed by atoms with van der Waals surface area (Å²) in [4.78, 5) is 22.4. The largest absolute Gasteiger partial charge is 0.488 e. The second-order valence-electron chi connectivity index (χ2n) is 6.03. The number of carboxylic acid groups (broad SMARTS) is 1. The predicted octanol–water partition coefficient (Wildman–Crippen LogP) is 3.92. The van der Waals surface area contributed by atoms with Crippen LogP contribution < -0.4 is 4.74 Å². The van der Waals surface area contributed by atoms with Crippen molar-refractivity contribution in [1.82, 2.24) is 0 Å². The number of hydrogen-bond donors (Lipinski definition) is 1. The first-order chi connectivity index (χ1) is 9.03. The van der Waals surface area contributed by atoms with E-state index in [1.54, 1.807) is 12.1 Å². The second kappa shape index (κ2) is 6.11. The molecule has 0 saturated carbocycles. The van der Waals surface area contributed by atoms with E-state index < -0.39 is 17.0 Å². The van der Waals surface area contributed by atoms with Crippen LogP contribution in [0.4, 0.5) is 0 Å². The van der Waals surface area contributed by atoms with Crippen LogP contribution in [0.1, 0.15) is 44.5 Å². The van der Waals surface area contributed by atoms with Crippen molar-refractivity contribution in [3.05, 3.63) is 29.8 Å². The van der Waals surface area contributed by atoms with Crippen LogP contribution in [0.15, 0.2) is 24.3 Å². The van der Waals surface area contributed by atoms with Crippen LogP contribution in [0.25, 0.3) is 0 Å². The highest BCUT2D eigenvalue weighted by Crippen LogP contribution is 2.33. The molecule has 110 valence electrons. The van der Waals surface area contributed by atoms with Crippen LogP contribution in [0, 0.1) is 5.41 Å². The first kappa shape index (κ1) is 16.9. The summed E-state index contributed by atoms with van der Waals surface area (Å²) in [5.41, 5.74) is -0.766. The normalized spacial score (nSPS) is 12.1. The highest BCUT2D eigenvalue weighted by Gasteiger charge is 2.34. The summed E-state index contributed by atoms with van der Waals surface area (Å²) in [6.07, 6.45) is 0.572. The van der Waals surface area contributed by atoms with Crippen molar-refractivity contribution < 1.29 is 19.4 Å². The van der Waals surface area contributed by atoms with Crippen LogP contribution in [0.2, 0.25) is 0 Å². The highest BCUT2D eigenvalue weighted by atomic mass is 127. The monoisotopic (exact) mass is 390 g/mol. The number of ether oxygens (including phenoxy) is 1.